The van der Waals surface area contributed by atoms with Gasteiger partial charge in [-0.3, -0.25) is 0 Å². The minimum Gasteiger partial charge on any atom is -0.399 e. The summed E-state index contributed by atoms with van der Waals surface area (Å²) in [4.78, 5) is 4.34. The van der Waals surface area contributed by atoms with E-state index in [9.17, 15) is 0 Å². The van der Waals surface area contributed by atoms with E-state index < -0.39 is 0 Å². The first-order valence-electron chi connectivity index (χ1n) is 5.72. The second kappa shape index (κ2) is 4.78. The molecular weight excluding hydrogens is 230 g/mol. The number of hydrogen-bond acceptors (Lipinski definition) is 5. The Morgan fingerprint density at radius 1 is 1.28 bits per heavy atom. The predicted molar refractivity (Wildman–Crippen MR) is 68.0 cm³/mol. The van der Waals surface area contributed by atoms with Gasteiger partial charge in [-0.1, -0.05) is 17.3 Å². The van der Waals surface area contributed by atoms with Gasteiger partial charge in [0, 0.05) is 12.8 Å². The Kier molecular flexibility index (Phi) is 3.34. The number of aromatic nitrogens is 2. The highest BCUT2D eigenvalue weighted by Gasteiger charge is 2.29. The molecule has 0 radical (unpaired) electrons. The molecule has 0 aliphatic carbocycles. The number of methoxy groups -OCH3 is 1. The lowest BCUT2D eigenvalue weighted by atomic mass is 9.84. The summed E-state index contributed by atoms with van der Waals surface area (Å²) in [7, 11) is 1.60. The Hall–Kier alpha value is -1.88. The summed E-state index contributed by atoms with van der Waals surface area (Å²) in [6.45, 7) is 4.41. The molecule has 2 rings (SSSR count). The molecular formula is C13H17N3O2. The fraction of sp³-hybridized carbons (Fsp3) is 0.385. The van der Waals surface area contributed by atoms with Crippen molar-refractivity contribution in [3.63, 3.8) is 0 Å². The summed E-state index contributed by atoms with van der Waals surface area (Å²) in [5.74, 6) is 1.12. The molecule has 0 atom stereocenters. The molecule has 2 N–H and O–H groups in total. The molecule has 2 aromatic rings. The van der Waals surface area contributed by atoms with Crippen LogP contribution in [0.25, 0.3) is 0 Å². The maximum absolute atomic E-state index is 5.68. The van der Waals surface area contributed by atoms with E-state index in [-0.39, 0.29) is 5.41 Å². The van der Waals surface area contributed by atoms with Gasteiger partial charge in [-0.2, -0.15) is 4.98 Å². The summed E-state index contributed by atoms with van der Waals surface area (Å²) < 4.78 is 10.3. The van der Waals surface area contributed by atoms with Gasteiger partial charge in [0.1, 0.15) is 6.61 Å². The Morgan fingerprint density at radius 2 is 1.94 bits per heavy atom. The van der Waals surface area contributed by atoms with E-state index in [1.807, 2.05) is 38.1 Å². The van der Waals surface area contributed by atoms with Gasteiger partial charge in [0.2, 0.25) is 5.89 Å². The van der Waals surface area contributed by atoms with E-state index in [0.29, 0.717) is 18.3 Å². The quantitative estimate of drug-likeness (QED) is 0.838. The number of ether oxygens (including phenoxy) is 1. The molecule has 0 bridgehead atoms. The summed E-state index contributed by atoms with van der Waals surface area (Å²) in [6.07, 6.45) is 0. The number of nitrogen functional groups attached to an aromatic ring is 1. The van der Waals surface area contributed by atoms with E-state index in [1.54, 1.807) is 7.11 Å². The summed E-state index contributed by atoms with van der Waals surface area (Å²) in [5, 5.41) is 3.88. The first-order valence-corrected chi connectivity index (χ1v) is 5.72. The van der Waals surface area contributed by atoms with Crippen LogP contribution in [0.2, 0.25) is 0 Å². The molecule has 1 aromatic carbocycles. The van der Waals surface area contributed by atoms with Gasteiger partial charge in [-0.15, -0.1) is 0 Å². The highest BCUT2D eigenvalue weighted by atomic mass is 16.5. The lowest BCUT2D eigenvalue weighted by Gasteiger charge is -2.20. The average molecular weight is 247 g/mol. The van der Waals surface area contributed by atoms with Gasteiger partial charge in [0.05, 0.1) is 5.41 Å². The molecule has 0 unspecified atom stereocenters. The van der Waals surface area contributed by atoms with Gasteiger partial charge < -0.3 is 15.0 Å². The van der Waals surface area contributed by atoms with Crippen molar-refractivity contribution >= 4 is 5.69 Å². The third-order valence-electron chi connectivity index (χ3n) is 2.91. The van der Waals surface area contributed by atoms with Crippen molar-refractivity contribution < 1.29 is 9.26 Å². The largest absolute Gasteiger partial charge is 0.399 e. The maximum Gasteiger partial charge on any atom is 0.236 e. The molecule has 1 aromatic heterocycles. The number of rotatable bonds is 4. The van der Waals surface area contributed by atoms with Crippen LogP contribution in [0.1, 0.15) is 31.1 Å². The van der Waals surface area contributed by atoms with Crippen LogP contribution in [0.3, 0.4) is 0 Å². The van der Waals surface area contributed by atoms with E-state index in [1.165, 1.54) is 0 Å². The number of nitrogens with two attached hydrogens (primary N) is 1. The summed E-state index contributed by atoms with van der Waals surface area (Å²) in [6, 6.07) is 7.66. The minimum absolute atomic E-state index is 0.349. The number of benzene rings is 1. The first-order chi connectivity index (χ1) is 8.54. The third-order valence-corrected chi connectivity index (χ3v) is 2.91. The molecule has 1 heterocycles. The van der Waals surface area contributed by atoms with Crippen LogP contribution < -0.4 is 5.73 Å². The highest BCUT2D eigenvalue weighted by Crippen LogP contribution is 2.30. The van der Waals surface area contributed by atoms with Crippen LogP contribution in [0, 0.1) is 0 Å². The fourth-order valence-corrected chi connectivity index (χ4v) is 1.72. The number of hydrogen-bond donors (Lipinski definition) is 1. The Balaban J connectivity index is 2.31. The maximum atomic E-state index is 5.68. The summed E-state index contributed by atoms with van der Waals surface area (Å²) in [5.41, 5.74) is 7.14. The number of nitrogens with zero attached hydrogens (tertiary/aromatic N) is 2. The monoisotopic (exact) mass is 247 g/mol. The van der Waals surface area contributed by atoms with Crippen molar-refractivity contribution in [2.45, 2.75) is 25.9 Å². The molecule has 0 amide bonds. The lowest BCUT2D eigenvalue weighted by molar-refractivity contribution is 0.174. The van der Waals surface area contributed by atoms with E-state index in [4.69, 9.17) is 15.0 Å². The van der Waals surface area contributed by atoms with Crippen molar-refractivity contribution in [1.29, 1.82) is 0 Å². The van der Waals surface area contributed by atoms with Crippen molar-refractivity contribution in [2.75, 3.05) is 12.8 Å². The van der Waals surface area contributed by atoms with Gasteiger partial charge in [0.15, 0.2) is 5.82 Å². The Labute approximate surface area is 106 Å². The second-order valence-corrected chi connectivity index (χ2v) is 4.70. The Morgan fingerprint density at radius 3 is 2.56 bits per heavy atom. The third kappa shape index (κ3) is 2.36. The minimum atomic E-state index is -0.354. The second-order valence-electron chi connectivity index (χ2n) is 4.70. The molecule has 5 heteroatoms. The van der Waals surface area contributed by atoms with Crippen molar-refractivity contribution in [3.8, 4) is 0 Å². The molecule has 0 aliphatic heterocycles. The first kappa shape index (κ1) is 12.6. The fourth-order valence-electron chi connectivity index (χ4n) is 1.72. The van der Waals surface area contributed by atoms with Crippen LogP contribution in [0.15, 0.2) is 28.8 Å². The van der Waals surface area contributed by atoms with Crippen molar-refractivity contribution in [2.24, 2.45) is 0 Å². The standard InChI is InChI=1S/C13H17N3O2/c1-13(2,9-4-6-10(14)7-5-9)12-15-11(8-17-3)16-18-12/h4-7H,8,14H2,1-3H3. The molecule has 18 heavy (non-hydrogen) atoms. The highest BCUT2D eigenvalue weighted by molar-refractivity contribution is 5.42. The van der Waals surface area contributed by atoms with Crippen molar-refractivity contribution in [3.05, 3.63) is 41.5 Å². The zero-order valence-corrected chi connectivity index (χ0v) is 10.8. The van der Waals surface area contributed by atoms with Crippen LogP contribution in [-0.2, 0) is 16.8 Å². The van der Waals surface area contributed by atoms with Crippen LogP contribution in [-0.4, -0.2) is 17.3 Å². The van der Waals surface area contributed by atoms with Gasteiger partial charge >= 0.3 is 0 Å². The van der Waals surface area contributed by atoms with Gasteiger partial charge in [-0.25, -0.2) is 0 Å². The molecule has 0 aliphatic rings. The van der Waals surface area contributed by atoms with E-state index >= 15 is 0 Å². The molecule has 0 spiro atoms. The number of anilines is 1. The molecule has 5 nitrogen and oxygen atoms in total. The lowest BCUT2D eigenvalue weighted by Crippen LogP contribution is -2.19. The molecule has 96 valence electrons. The van der Waals surface area contributed by atoms with Crippen molar-refractivity contribution in [1.82, 2.24) is 10.1 Å². The summed E-state index contributed by atoms with van der Waals surface area (Å²) >= 11 is 0. The van der Waals surface area contributed by atoms with Crippen LogP contribution in [0.5, 0.6) is 0 Å². The molecule has 0 saturated heterocycles. The SMILES string of the molecule is COCc1noc(C(C)(C)c2ccc(N)cc2)n1. The molecule has 0 fully saturated rings. The van der Waals surface area contributed by atoms with E-state index in [0.717, 1.165) is 11.3 Å². The zero-order chi connectivity index (χ0) is 13.2. The Bertz CT molecular complexity index is 517. The van der Waals surface area contributed by atoms with Crippen LogP contribution in [0.4, 0.5) is 5.69 Å². The van der Waals surface area contributed by atoms with Crippen LogP contribution >= 0.6 is 0 Å². The zero-order valence-electron chi connectivity index (χ0n) is 10.8. The normalized spacial score (nSPS) is 11.7. The average Bonchev–Trinajstić information content (AvgIpc) is 2.79. The topological polar surface area (TPSA) is 74.2 Å². The van der Waals surface area contributed by atoms with E-state index in [2.05, 4.69) is 10.1 Å². The smallest absolute Gasteiger partial charge is 0.236 e. The molecule has 0 saturated carbocycles. The van der Waals surface area contributed by atoms with Gasteiger partial charge in [0.25, 0.3) is 0 Å². The predicted octanol–water partition coefficient (Wildman–Crippen LogP) is 2.12. The van der Waals surface area contributed by atoms with Gasteiger partial charge in [-0.05, 0) is 31.5 Å².